The smallest absolute Gasteiger partial charge is 0.246 e. The Bertz CT molecular complexity index is 233. The first-order valence-corrected chi connectivity index (χ1v) is 4.50. The van der Waals surface area contributed by atoms with Crippen LogP contribution in [0.15, 0.2) is 37.5 Å². The maximum Gasteiger partial charge on any atom is 0.246 e. The molecule has 78 valence electrons. The van der Waals surface area contributed by atoms with Crippen LogP contribution in [0, 0.1) is 5.92 Å². The average molecular weight is 195 g/mol. The van der Waals surface area contributed by atoms with Crippen LogP contribution in [0.1, 0.15) is 19.3 Å². The van der Waals surface area contributed by atoms with Crippen molar-refractivity contribution in [1.29, 1.82) is 0 Å². The number of carbonyl (C=O) groups is 1. The Morgan fingerprint density at radius 2 is 2.14 bits per heavy atom. The van der Waals surface area contributed by atoms with Gasteiger partial charge < -0.3 is 0 Å². The van der Waals surface area contributed by atoms with E-state index in [1.807, 2.05) is 0 Å². The van der Waals surface area contributed by atoms with Crippen LogP contribution in [0.4, 0.5) is 0 Å². The molecule has 2 N–H and O–H groups in total. The lowest BCUT2D eigenvalue weighted by Gasteiger charge is -2.12. The zero-order chi connectivity index (χ0) is 11.0. The topological polar surface area (TPSA) is 49.3 Å². The molecule has 14 heavy (non-hydrogen) atoms. The van der Waals surface area contributed by atoms with Crippen molar-refractivity contribution in [1.82, 2.24) is 5.48 Å². The molecule has 1 atom stereocenters. The fraction of sp³-hybridized carbons (Fsp3) is 0.364. The van der Waals surface area contributed by atoms with E-state index in [0.717, 1.165) is 5.57 Å². The molecule has 0 aromatic carbocycles. The van der Waals surface area contributed by atoms with E-state index in [1.165, 1.54) is 0 Å². The minimum Gasteiger partial charge on any atom is -0.289 e. The molecule has 0 saturated heterocycles. The molecule has 0 aliphatic rings. The lowest BCUT2D eigenvalue weighted by atomic mass is 9.96. The minimum absolute atomic E-state index is 0.241. The van der Waals surface area contributed by atoms with Crippen molar-refractivity contribution < 1.29 is 10.0 Å². The zero-order valence-corrected chi connectivity index (χ0v) is 8.33. The summed E-state index contributed by atoms with van der Waals surface area (Å²) in [6.45, 7) is 10.9. The van der Waals surface area contributed by atoms with Gasteiger partial charge in [0.1, 0.15) is 0 Å². The third-order valence-electron chi connectivity index (χ3n) is 2.03. The van der Waals surface area contributed by atoms with E-state index >= 15 is 0 Å². The van der Waals surface area contributed by atoms with Crippen LogP contribution in [0.25, 0.3) is 0 Å². The van der Waals surface area contributed by atoms with E-state index in [2.05, 4.69) is 19.7 Å². The normalized spacial score (nSPS) is 11.5. The van der Waals surface area contributed by atoms with Gasteiger partial charge in [-0.1, -0.05) is 30.9 Å². The molecule has 0 radical (unpaired) electrons. The highest BCUT2D eigenvalue weighted by Crippen LogP contribution is 2.15. The van der Waals surface area contributed by atoms with Crippen molar-refractivity contribution in [2.75, 3.05) is 0 Å². The first-order valence-electron chi connectivity index (χ1n) is 4.50. The molecule has 0 heterocycles. The maximum absolute atomic E-state index is 11.1. The Morgan fingerprint density at radius 3 is 2.57 bits per heavy atom. The predicted octanol–water partition coefficient (Wildman–Crippen LogP) is 2.21. The number of hydroxylamine groups is 1. The second kappa shape index (κ2) is 7.09. The highest BCUT2D eigenvalue weighted by molar-refractivity contribution is 5.77. The molecule has 0 aliphatic heterocycles. The number of allylic oxidation sites excluding steroid dienone is 3. The van der Waals surface area contributed by atoms with Gasteiger partial charge in [0, 0.05) is 5.92 Å². The molecule has 0 bridgehead atoms. The lowest BCUT2D eigenvalue weighted by molar-refractivity contribution is -0.133. The lowest BCUT2D eigenvalue weighted by Crippen LogP contribution is -2.27. The van der Waals surface area contributed by atoms with E-state index in [-0.39, 0.29) is 11.8 Å². The average Bonchev–Trinajstić information content (AvgIpc) is 2.22. The first-order chi connectivity index (χ1) is 6.65. The molecule has 1 amide bonds. The van der Waals surface area contributed by atoms with Gasteiger partial charge in [-0.2, -0.15) is 0 Å². The minimum atomic E-state index is -0.373. The summed E-state index contributed by atoms with van der Waals surface area (Å²) in [7, 11) is 0. The van der Waals surface area contributed by atoms with Crippen LogP contribution in [0.2, 0.25) is 0 Å². The highest BCUT2D eigenvalue weighted by atomic mass is 16.5. The summed E-state index contributed by atoms with van der Waals surface area (Å²) in [4.78, 5) is 11.1. The number of nitrogens with one attached hydrogen (secondary N) is 1. The van der Waals surface area contributed by atoms with Crippen molar-refractivity contribution in [3.63, 3.8) is 0 Å². The molecule has 0 aromatic rings. The summed E-state index contributed by atoms with van der Waals surface area (Å²) < 4.78 is 0. The van der Waals surface area contributed by atoms with Crippen molar-refractivity contribution in [3.05, 3.63) is 37.5 Å². The largest absolute Gasteiger partial charge is 0.289 e. The maximum atomic E-state index is 11.1. The Balaban J connectivity index is 4.08. The Kier molecular flexibility index (Phi) is 6.41. The summed E-state index contributed by atoms with van der Waals surface area (Å²) in [6.07, 6.45) is 5.23. The summed E-state index contributed by atoms with van der Waals surface area (Å²) in [6, 6.07) is 0. The zero-order valence-electron chi connectivity index (χ0n) is 8.33. The fourth-order valence-electron chi connectivity index (χ4n) is 1.11. The van der Waals surface area contributed by atoms with Crippen LogP contribution >= 0.6 is 0 Å². The van der Waals surface area contributed by atoms with Gasteiger partial charge in [-0.25, -0.2) is 5.48 Å². The van der Waals surface area contributed by atoms with Gasteiger partial charge in [-0.15, -0.1) is 6.58 Å². The molecular weight excluding hydrogens is 178 g/mol. The van der Waals surface area contributed by atoms with Crippen LogP contribution in [0.5, 0.6) is 0 Å². The number of carbonyl (C=O) groups excluding carboxylic acids is 1. The molecule has 0 rings (SSSR count). The van der Waals surface area contributed by atoms with Crippen LogP contribution in [-0.4, -0.2) is 11.1 Å². The summed E-state index contributed by atoms with van der Waals surface area (Å²) in [5.41, 5.74) is 2.54. The first kappa shape index (κ1) is 12.7. The molecule has 0 spiro atoms. The molecule has 0 aliphatic carbocycles. The SMILES string of the molecule is C=CCC(CCC(=C)C=C)C(=O)NO. The number of amides is 1. The van der Waals surface area contributed by atoms with Crippen molar-refractivity contribution in [2.45, 2.75) is 19.3 Å². The monoisotopic (exact) mass is 195 g/mol. The number of hydrogen-bond donors (Lipinski definition) is 2. The number of hydrogen-bond acceptors (Lipinski definition) is 2. The molecule has 3 heteroatoms. The summed E-state index contributed by atoms with van der Waals surface area (Å²) in [5, 5.41) is 8.48. The van der Waals surface area contributed by atoms with Crippen LogP contribution in [0.3, 0.4) is 0 Å². The Hall–Kier alpha value is -1.35. The van der Waals surface area contributed by atoms with Gasteiger partial charge in [-0.3, -0.25) is 10.0 Å². The van der Waals surface area contributed by atoms with Crippen molar-refractivity contribution >= 4 is 5.91 Å². The van der Waals surface area contributed by atoms with Gasteiger partial charge in [-0.05, 0) is 19.3 Å². The standard InChI is InChI=1S/C11H17NO2/c1-4-6-10(11(13)12-14)8-7-9(3)5-2/h4-5,10,14H,1-3,6-8H2,(H,12,13). The summed E-state index contributed by atoms with van der Waals surface area (Å²) in [5.74, 6) is -0.615. The second-order valence-corrected chi connectivity index (χ2v) is 3.10. The molecule has 0 aromatic heterocycles. The van der Waals surface area contributed by atoms with E-state index in [0.29, 0.717) is 19.3 Å². The van der Waals surface area contributed by atoms with E-state index < -0.39 is 0 Å². The van der Waals surface area contributed by atoms with Gasteiger partial charge in [0.2, 0.25) is 5.91 Å². The van der Waals surface area contributed by atoms with E-state index in [9.17, 15) is 4.79 Å². The number of rotatable bonds is 7. The second-order valence-electron chi connectivity index (χ2n) is 3.10. The Morgan fingerprint density at radius 1 is 1.50 bits per heavy atom. The molecule has 0 saturated carbocycles. The van der Waals surface area contributed by atoms with Gasteiger partial charge >= 0.3 is 0 Å². The quantitative estimate of drug-likeness (QED) is 0.283. The third-order valence-corrected chi connectivity index (χ3v) is 2.03. The van der Waals surface area contributed by atoms with Gasteiger partial charge in [0.25, 0.3) is 0 Å². The van der Waals surface area contributed by atoms with Gasteiger partial charge in [0.15, 0.2) is 0 Å². The van der Waals surface area contributed by atoms with Gasteiger partial charge in [0.05, 0.1) is 0 Å². The molecule has 1 unspecified atom stereocenters. The molecular formula is C11H17NO2. The molecule has 0 fully saturated rings. The molecule has 3 nitrogen and oxygen atoms in total. The van der Waals surface area contributed by atoms with Crippen LogP contribution in [-0.2, 0) is 4.79 Å². The van der Waals surface area contributed by atoms with Crippen molar-refractivity contribution in [2.24, 2.45) is 5.92 Å². The van der Waals surface area contributed by atoms with E-state index in [4.69, 9.17) is 5.21 Å². The summed E-state index contributed by atoms with van der Waals surface area (Å²) >= 11 is 0. The predicted molar refractivity (Wildman–Crippen MR) is 56.8 cm³/mol. The third kappa shape index (κ3) is 4.62. The fourth-order valence-corrected chi connectivity index (χ4v) is 1.11. The van der Waals surface area contributed by atoms with Crippen molar-refractivity contribution in [3.8, 4) is 0 Å². The highest BCUT2D eigenvalue weighted by Gasteiger charge is 2.15. The van der Waals surface area contributed by atoms with Crippen LogP contribution < -0.4 is 5.48 Å². The van der Waals surface area contributed by atoms with E-state index in [1.54, 1.807) is 17.6 Å². The Labute approximate surface area is 84.8 Å².